The van der Waals surface area contributed by atoms with E-state index in [1.54, 1.807) is 0 Å². The average molecular weight is 300 g/mol. The van der Waals surface area contributed by atoms with Gasteiger partial charge in [0.25, 0.3) is 0 Å². The first-order valence-corrected chi connectivity index (χ1v) is 6.68. The molecule has 0 atom stereocenters. The fourth-order valence-electron chi connectivity index (χ4n) is 1.29. The van der Waals surface area contributed by atoms with Gasteiger partial charge in [-0.25, -0.2) is 4.79 Å². The molecule has 0 aliphatic heterocycles. The van der Waals surface area contributed by atoms with E-state index in [-0.39, 0.29) is 0 Å². The average Bonchev–Trinajstić information content (AvgIpc) is 2.18. The van der Waals surface area contributed by atoms with Crippen LogP contribution in [0.25, 0.3) is 0 Å². The number of benzene rings is 1. The van der Waals surface area contributed by atoms with Crippen molar-refractivity contribution in [2.24, 2.45) is 0 Å². The monoisotopic (exact) mass is 299 g/mol. The quantitative estimate of drug-likeness (QED) is 0.858. The van der Waals surface area contributed by atoms with E-state index in [4.69, 9.17) is 4.74 Å². The lowest BCUT2D eigenvalue weighted by Gasteiger charge is -2.19. The summed E-state index contributed by atoms with van der Waals surface area (Å²) in [6, 6.07) is 7.74. The van der Waals surface area contributed by atoms with Gasteiger partial charge in [0.05, 0.1) is 0 Å². The number of alkyl halides is 1. The summed E-state index contributed by atoms with van der Waals surface area (Å²) in [5.41, 5.74) is 1.51. The van der Waals surface area contributed by atoms with Gasteiger partial charge in [-0.15, -0.1) is 0 Å². The van der Waals surface area contributed by atoms with E-state index in [1.165, 1.54) is 5.56 Å². The lowest BCUT2D eigenvalue weighted by atomic mass is 10.1. The Morgan fingerprint density at radius 3 is 2.35 bits per heavy atom. The number of amides is 1. The molecule has 1 amide bonds. The molecule has 3 nitrogen and oxygen atoms in total. The molecule has 1 rings (SSSR count). The molecule has 0 saturated heterocycles. The zero-order valence-electron chi connectivity index (χ0n) is 10.4. The first-order valence-electron chi connectivity index (χ1n) is 5.55. The Morgan fingerprint density at radius 1 is 1.29 bits per heavy atom. The van der Waals surface area contributed by atoms with E-state index in [2.05, 4.69) is 21.2 Å². The van der Waals surface area contributed by atoms with Crippen LogP contribution in [-0.2, 0) is 11.2 Å². The number of halogens is 1. The van der Waals surface area contributed by atoms with Crippen LogP contribution in [0, 0.1) is 0 Å². The molecule has 0 aromatic heterocycles. The Morgan fingerprint density at radius 2 is 1.88 bits per heavy atom. The fourth-order valence-corrected chi connectivity index (χ4v) is 1.74. The maximum Gasteiger partial charge on any atom is 0.412 e. The molecule has 0 unspecified atom stereocenters. The Bertz CT molecular complexity index is 368. The number of aryl methyl sites for hydroxylation is 1. The number of anilines is 1. The van der Waals surface area contributed by atoms with Crippen LogP contribution in [0.1, 0.15) is 26.3 Å². The minimum atomic E-state index is -0.472. The first kappa shape index (κ1) is 14.0. The van der Waals surface area contributed by atoms with Crippen LogP contribution in [0.15, 0.2) is 24.3 Å². The second-order valence-corrected chi connectivity index (χ2v) is 5.56. The fraction of sp³-hybridized carbons (Fsp3) is 0.462. The van der Waals surface area contributed by atoms with Crippen molar-refractivity contribution >= 4 is 27.7 Å². The first-order chi connectivity index (χ1) is 7.90. The van der Waals surface area contributed by atoms with Crippen LogP contribution in [0.3, 0.4) is 0 Å². The van der Waals surface area contributed by atoms with Gasteiger partial charge in [0.15, 0.2) is 0 Å². The van der Waals surface area contributed by atoms with Crippen LogP contribution in [0.4, 0.5) is 10.5 Å². The second kappa shape index (κ2) is 6.05. The summed E-state index contributed by atoms with van der Waals surface area (Å²) in [5, 5.41) is 3.63. The maximum absolute atomic E-state index is 11.5. The molecule has 1 aromatic carbocycles. The molecule has 0 fully saturated rings. The SMILES string of the molecule is CC(C)(C)OC(=O)Nc1ccc(CCBr)cc1. The lowest BCUT2D eigenvalue weighted by molar-refractivity contribution is 0.0636. The number of hydrogen-bond donors (Lipinski definition) is 1. The summed E-state index contributed by atoms with van der Waals surface area (Å²) < 4.78 is 5.16. The van der Waals surface area contributed by atoms with E-state index < -0.39 is 11.7 Å². The van der Waals surface area contributed by atoms with Crippen molar-refractivity contribution in [1.82, 2.24) is 0 Å². The van der Waals surface area contributed by atoms with Gasteiger partial charge in [-0.2, -0.15) is 0 Å². The summed E-state index contributed by atoms with van der Waals surface area (Å²) in [6.07, 6.45) is 0.554. The highest BCUT2D eigenvalue weighted by Crippen LogP contribution is 2.13. The molecule has 0 saturated carbocycles. The molecule has 1 aromatic rings. The number of carbonyl (C=O) groups excluding carboxylic acids is 1. The van der Waals surface area contributed by atoms with E-state index in [1.807, 2.05) is 45.0 Å². The summed E-state index contributed by atoms with van der Waals surface area (Å²) in [7, 11) is 0. The standard InChI is InChI=1S/C13H18BrNO2/c1-13(2,3)17-12(16)15-11-6-4-10(5-7-11)8-9-14/h4-7H,8-9H2,1-3H3,(H,15,16). The van der Waals surface area contributed by atoms with Crippen molar-refractivity contribution in [3.05, 3.63) is 29.8 Å². The number of hydrogen-bond acceptors (Lipinski definition) is 2. The number of nitrogens with one attached hydrogen (secondary N) is 1. The van der Waals surface area contributed by atoms with Crippen LogP contribution < -0.4 is 5.32 Å². The third-order valence-corrected chi connectivity index (χ3v) is 2.38. The van der Waals surface area contributed by atoms with E-state index in [0.717, 1.165) is 17.4 Å². The predicted octanol–water partition coefficient (Wildman–Crippen LogP) is 3.97. The van der Waals surface area contributed by atoms with Gasteiger partial charge in [0.2, 0.25) is 0 Å². The highest BCUT2D eigenvalue weighted by Gasteiger charge is 2.15. The van der Waals surface area contributed by atoms with Crippen LogP contribution in [0.2, 0.25) is 0 Å². The molecular formula is C13H18BrNO2. The van der Waals surface area contributed by atoms with Gasteiger partial charge >= 0.3 is 6.09 Å². The minimum Gasteiger partial charge on any atom is -0.444 e. The Balaban J connectivity index is 2.54. The smallest absolute Gasteiger partial charge is 0.412 e. The van der Waals surface area contributed by atoms with Gasteiger partial charge in [0, 0.05) is 11.0 Å². The van der Waals surface area contributed by atoms with E-state index >= 15 is 0 Å². The van der Waals surface area contributed by atoms with Crippen molar-refractivity contribution in [3.63, 3.8) is 0 Å². The Kier molecular flexibility index (Phi) is 5.00. The number of ether oxygens (including phenoxy) is 1. The maximum atomic E-state index is 11.5. The largest absolute Gasteiger partial charge is 0.444 e. The second-order valence-electron chi connectivity index (χ2n) is 4.76. The summed E-state index contributed by atoms with van der Waals surface area (Å²) in [4.78, 5) is 11.5. The summed E-state index contributed by atoms with van der Waals surface area (Å²) in [5.74, 6) is 0. The van der Waals surface area contributed by atoms with Crippen molar-refractivity contribution in [2.45, 2.75) is 32.8 Å². The lowest BCUT2D eigenvalue weighted by Crippen LogP contribution is -2.27. The minimum absolute atomic E-state index is 0.425. The van der Waals surface area contributed by atoms with Crippen molar-refractivity contribution < 1.29 is 9.53 Å². The molecule has 0 bridgehead atoms. The predicted molar refractivity (Wildman–Crippen MR) is 73.8 cm³/mol. The van der Waals surface area contributed by atoms with Crippen LogP contribution in [0.5, 0.6) is 0 Å². The van der Waals surface area contributed by atoms with Crippen molar-refractivity contribution in [1.29, 1.82) is 0 Å². The van der Waals surface area contributed by atoms with E-state index in [9.17, 15) is 4.79 Å². The molecule has 94 valence electrons. The molecule has 0 heterocycles. The summed E-state index contributed by atoms with van der Waals surface area (Å²) >= 11 is 3.39. The molecule has 1 N–H and O–H groups in total. The van der Waals surface area contributed by atoms with Gasteiger partial charge in [-0.1, -0.05) is 28.1 Å². The Labute approximate surface area is 111 Å². The molecular weight excluding hydrogens is 282 g/mol. The third-order valence-electron chi connectivity index (χ3n) is 1.98. The van der Waals surface area contributed by atoms with E-state index in [0.29, 0.717) is 0 Å². The van der Waals surface area contributed by atoms with Gasteiger partial charge in [-0.3, -0.25) is 5.32 Å². The third kappa shape index (κ3) is 5.73. The van der Waals surface area contributed by atoms with Gasteiger partial charge < -0.3 is 4.74 Å². The zero-order valence-corrected chi connectivity index (χ0v) is 12.0. The van der Waals surface area contributed by atoms with Crippen LogP contribution >= 0.6 is 15.9 Å². The topological polar surface area (TPSA) is 38.3 Å². The summed E-state index contributed by atoms with van der Waals surface area (Å²) in [6.45, 7) is 5.52. The van der Waals surface area contributed by atoms with Crippen LogP contribution in [-0.4, -0.2) is 17.0 Å². The highest BCUT2D eigenvalue weighted by atomic mass is 79.9. The van der Waals surface area contributed by atoms with Crippen molar-refractivity contribution in [2.75, 3.05) is 10.6 Å². The normalized spacial score (nSPS) is 11.1. The molecule has 0 spiro atoms. The molecule has 4 heteroatoms. The highest BCUT2D eigenvalue weighted by molar-refractivity contribution is 9.09. The zero-order chi connectivity index (χ0) is 12.9. The van der Waals surface area contributed by atoms with Crippen molar-refractivity contribution in [3.8, 4) is 0 Å². The van der Waals surface area contributed by atoms with Gasteiger partial charge in [-0.05, 0) is 44.9 Å². The number of carbonyl (C=O) groups is 1. The molecule has 0 aliphatic carbocycles. The Hall–Kier alpha value is -1.03. The molecule has 0 radical (unpaired) electrons. The van der Waals surface area contributed by atoms with Gasteiger partial charge in [0.1, 0.15) is 5.60 Å². The molecule has 17 heavy (non-hydrogen) atoms. The molecule has 0 aliphatic rings. The number of rotatable bonds is 3.